The van der Waals surface area contributed by atoms with Crippen LogP contribution < -0.4 is 4.13 Å². The van der Waals surface area contributed by atoms with Crippen LogP contribution in [0.5, 0.6) is 0 Å². The average Bonchev–Trinajstić information content (AvgIpc) is 2.75. The van der Waals surface area contributed by atoms with Crippen LogP contribution in [0, 0.1) is 0 Å². The number of rotatable bonds is 12. The van der Waals surface area contributed by atoms with Crippen molar-refractivity contribution in [2.45, 2.75) is 70.2 Å². The molecule has 1 radical (unpaired) electrons. The second-order valence-electron chi connectivity index (χ2n) is 7.71. The molecular weight excluding hydrogens is 787 g/mol. The van der Waals surface area contributed by atoms with Crippen LogP contribution in [-0.4, -0.2) is 106 Å². The van der Waals surface area contributed by atoms with Gasteiger partial charge in [0, 0.05) is 18.9 Å². The van der Waals surface area contributed by atoms with Gasteiger partial charge in [-0.05, 0) is 0 Å². The van der Waals surface area contributed by atoms with Gasteiger partial charge in [0.2, 0.25) is 0 Å². The molecule has 0 amide bonds. The van der Waals surface area contributed by atoms with E-state index in [4.69, 9.17) is 0 Å². The molecule has 0 aromatic carbocycles. The van der Waals surface area contributed by atoms with Crippen LogP contribution in [0.3, 0.4) is 0 Å². The van der Waals surface area contributed by atoms with E-state index in [1.165, 1.54) is 0 Å². The van der Waals surface area contributed by atoms with Crippen molar-refractivity contribution >= 4 is 38.9 Å². The summed E-state index contributed by atoms with van der Waals surface area (Å²) in [5, 5.41) is -17.8. The summed E-state index contributed by atoms with van der Waals surface area (Å²) >= 11 is 0. The Kier molecular flexibility index (Phi) is 11.5. The quantitative estimate of drug-likeness (QED) is 0.188. The van der Waals surface area contributed by atoms with E-state index in [-0.39, 0.29) is 18.9 Å². The summed E-state index contributed by atoms with van der Waals surface area (Å²) in [6, 6.07) is 0. The molecule has 0 fully saturated rings. The maximum atomic E-state index is 13.7. The summed E-state index contributed by atoms with van der Waals surface area (Å²) in [6.45, 7) is 0. The monoisotopic (exact) mass is 788 g/mol. The van der Waals surface area contributed by atoms with Crippen LogP contribution >= 0.6 is 0 Å². The van der Waals surface area contributed by atoms with Gasteiger partial charge in [0.05, 0.1) is 0 Å². The predicted molar refractivity (Wildman–Crippen MR) is 88.3 cm³/mol. The Morgan fingerprint density at radius 1 is 0.283 bits per heavy atom. The number of sulfonamides is 2. The molecule has 0 rings (SSSR count). The molecule has 46 heavy (non-hydrogen) atoms. The van der Waals surface area contributed by atoms with E-state index in [1.807, 2.05) is 0 Å². The number of nitrogens with one attached hydrogen (secondary N) is 1. The summed E-state index contributed by atoms with van der Waals surface area (Å²) in [5.41, 5.74) is 0. The Bertz CT molecular complexity index is 1240. The summed E-state index contributed by atoms with van der Waals surface area (Å²) in [6.07, 6.45) is -16.3. The van der Waals surface area contributed by atoms with Crippen molar-refractivity contribution in [1.29, 1.82) is 0 Å². The van der Waals surface area contributed by atoms with Gasteiger partial charge in [-0.25, -0.2) is 16.8 Å². The normalized spacial score (nSPS) is 16.7. The van der Waals surface area contributed by atoms with Crippen LogP contribution in [0.15, 0.2) is 0 Å². The van der Waals surface area contributed by atoms with Crippen molar-refractivity contribution in [3.8, 4) is 0 Å². The molecule has 0 heterocycles. The van der Waals surface area contributed by atoms with Crippen LogP contribution in [0.2, 0.25) is 0 Å². The second-order valence-corrected chi connectivity index (χ2v) is 11.4. The second kappa shape index (κ2) is 11.3. The molecule has 0 aliphatic heterocycles. The van der Waals surface area contributed by atoms with Gasteiger partial charge in [-0.2, -0.15) is 114 Å². The number of hydrogen-bond acceptors (Lipinski definition) is 4. The molecule has 5 nitrogen and oxygen atoms in total. The zero-order valence-corrected chi connectivity index (χ0v) is 21.4. The Morgan fingerprint density at radius 3 is 0.587 bits per heavy atom. The first kappa shape index (κ1) is 46.8. The van der Waals surface area contributed by atoms with Crippen LogP contribution in [0.4, 0.5) is 114 Å². The van der Waals surface area contributed by atoms with Crippen LogP contribution in [0.25, 0.3) is 0 Å². The Balaban J connectivity index is 0. The van der Waals surface area contributed by atoms with Crippen LogP contribution in [-0.2, 0) is 20.0 Å². The number of alkyl halides is 26. The Hall–Kier alpha value is -1.36. The molecule has 0 spiro atoms. The van der Waals surface area contributed by atoms with Gasteiger partial charge in [0.25, 0.3) is 20.0 Å². The van der Waals surface area contributed by atoms with Crippen molar-refractivity contribution < 1.29 is 131 Å². The molecule has 0 saturated carbocycles. The van der Waals surface area contributed by atoms with Gasteiger partial charge in [-0.3, -0.25) is 0 Å². The van der Waals surface area contributed by atoms with Crippen molar-refractivity contribution in [1.82, 2.24) is 4.13 Å². The standard InChI is InChI=1S/C12HF26NO4S2.Li/c13-1(14,5(21,22)9(29,30)31)3(17,18)7(25,26)11(35,36)44(40,41)39-45(42,43)12(37,38)8(27,28)4(19,20)2(15,16)6(23,24)10(32,33)34;/h39H;. The van der Waals surface area contributed by atoms with Crippen molar-refractivity contribution in [3.63, 3.8) is 0 Å². The molecule has 0 saturated heterocycles. The van der Waals surface area contributed by atoms with E-state index in [0.717, 1.165) is 0 Å². The van der Waals surface area contributed by atoms with Crippen molar-refractivity contribution in [3.05, 3.63) is 0 Å². The maximum absolute atomic E-state index is 13.7. The molecule has 0 aliphatic rings. The zero-order chi connectivity index (χ0) is 37.7. The molecule has 0 bridgehead atoms. The van der Waals surface area contributed by atoms with E-state index < -0.39 is 94.4 Å². The third-order valence-electron chi connectivity index (χ3n) is 4.70. The largest absolute Gasteiger partial charge is 0.460 e. The molecule has 0 atom stereocenters. The fraction of sp³-hybridized carbons (Fsp3) is 1.00. The van der Waals surface area contributed by atoms with Crippen molar-refractivity contribution in [2.75, 3.05) is 0 Å². The topological polar surface area (TPSA) is 80.3 Å². The first-order chi connectivity index (χ1) is 18.7. The zero-order valence-electron chi connectivity index (χ0n) is 19.8. The average molecular weight is 788 g/mol. The van der Waals surface area contributed by atoms with E-state index in [9.17, 15) is 131 Å². The van der Waals surface area contributed by atoms with Gasteiger partial charge < -0.3 is 0 Å². The molecular formula is C12HF26LiNO4S2. The fourth-order valence-electron chi connectivity index (χ4n) is 2.10. The third kappa shape index (κ3) is 5.83. The number of hydrogen-bond donors (Lipinski definition) is 1. The third-order valence-corrected chi connectivity index (χ3v) is 8.32. The molecule has 34 heteroatoms. The predicted octanol–water partition coefficient (Wildman–Crippen LogP) is 6.25. The fourth-order valence-corrected chi connectivity index (χ4v) is 5.02. The summed E-state index contributed by atoms with van der Waals surface area (Å²) < 4.78 is 380. The minimum atomic E-state index is -9.41. The molecule has 0 aliphatic carbocycles. The Labute approximate surface area is 244 Å². The van der Waals surface area contributed by atoms with E-state index in [1.54, 1.807) is 0 Å². The van der Waals surface area contributed by atoms with Gasteiger partial charge >= 0.3 is 70.2 Å². The molecule has 273 valence electrons. The smallest absolute Gasteiger partial charge is 0.205 e. The van der Waals surface area contributed by atoms with Crippen molar-refractivity contribution in [2.24, 2.45) is 0 Å². The SMILES string of the molecule is O=S(=O)(NS(=O)(=O)C(F)(F)C(F)(F)C(F)(F)C(F)(F)C(F)(F)C(F)(F)F)C(F)(F)C(F)(F)C(F)(F)C(F)(F)C(F)(F)C(F)(F)F.[Li]. The Morgan fingerprint density at radius 2 is 0.435 bits per heavy atom. The van der Waals surface area contributed by atoms with Gasteiger partial charge in [-0.15, -0.1) is 0 Å². The summed E-state index contributed by atoms with van der Waals surface area (Å²) in [7, 11) is -18.8. The summed E-state index contributed by atoms with van der Waals surface area (Å²) in [4.78, 5) is 0. The molecule has 0 aromatic heterocycles. The van der Waals surface area contributed by atoms with Crippen LogP contribution in [0.1, 0.15) is 0 Å². The van der Waals surface area contributed by atoms with E-state index in [0.29, 0.717) is 0 Å². The van der Waals surface area contributed by atoms with Gasteiger partial charge in [0.15, 0.2) is 0 Å². The maximum Gasteiger partial charge on any atom is 0.460 e. The minimum Gasteiger partial charge on any atom is -0.205 e. The molecule has 0 unspecified atom stereocenters. The number of halogens is 26. The molecule has 1 N–H and O–H groups in total. The summed E-state index contributed by atoms with van der Waals surface area (Å²) in [5.74, 6) is -71.9. The van der Waals surface area contributed by atoms with Gasteiger partial charge in [0.1, 0.15) is 0 Å². The minimum absolute atomic E-state index is 0. The van der Waals surface area contributed by atoms with E-state index in [2.05, 4.69) is 0 Å². The molecule has 0 aromatic rings. The van der Waals surface area contributed by atoms with E-state index >= 15 is 0 Å². The first-order valence-electron chi connectivity index (χ1n) is 8.90. The first-order valence-corrected chi connectivity index (χ1v) is 11.9. The van der Waals surface area contributed by atoms with Gasteiger partial charge in [-0.1, -0.05) is 4.13 Å².